The lowest BCUT2D eigenvalue weighted by Gasteiger charge is -2.14. The number of nitrogens with one attached hydrogen (secondary N) is 1. The van der Waals surface area contributed by atoms with Crippen LogP contribution >= 0.6 is 0 Å². The van der Waals surface area contributed by atoms with Crippen LogP contribution in [-0.4, -0.2) is 34.7 Å². The van der Waals surface area contributed by atoms with Crippen molar-refractivity contribution in [3.05, 3.63) is 95.8 Å². The molecule has 0 bridgehead atoms. The number of cyclic esters (lactones) is 1. The van der Waals surface area contributed by atoms with Crippen molar-refractivity contribution >= 4 is 28.7 Å². The Morgan fingerprint density at radius 1 is 1.00 bits per heavy atom. The zero-order valence-corrected chi connectivity index (χ0v) is 17.4. The van der Waals surface area contributed by atoms with Crippen molar-refractivity contribution < 1.29 is 14.3 Å². The Bertz CT molecular complexity index is 1300. The first-order valence-electron chi connectivity index (χ1n) is 10.5. The number of carbonyl (C=O) groups excluding carboxylic acids is 2. The Hall–Kier alpha value is -4.13. The number of amides is 2. The monoisotopic (exact) mass is 426 g/mol. The SMILES string of the molecule is O=C(NCc1cccc(Cn2cnc3ccccc32)c1)c1cccc(N2CCOC2=O)c1. The number of carbonyl (C=O) groups is 2. The molecule has 0 atom stereocenters. The lowest BCUT2D eigenvalue weighted by Crippen LogP contribution is -2.25. The number of fused-ring (bicyclic) bond motifs is 1. The van der Waals surface area contributed by atoms with Gasteiger partial charge < -0.3 is 14.6 Å². The minimum Gasteiger partial charge on any atom is -0.447 e. The van der Waals surface area contributed by atoms with Crippen LogP contribution in [0.5, 0.6) is 0 Å². The molecular formula is C25H22N4O3. The minimum atomic E-state index is -0.384. The van der Waals surface area contributed by atoms with Gasteiger partial charge in [-0.2, -0.15) is 0 Å². The van der Waals surface area contributed by atoms with Crippen molar-refractivity contribution in [2.45, 2.75) is 13.1 Å². The van der Waals surface area contributed by atoms with Gasteiger partial charge in [0.2, 0.25) is 0 Å². The molecule has 1 saturated heterocycles. The molecule has 0 saturated carbocycles. The van der Waals surface area contributed by atoms with Crippen LogP contribution in [-0.2, 0) is 17.8 Å². The maximum atomic E-state index is 12.7. The van der Waals surface area contributed by atoms with Crippen molar-refractivity contribution in [3.63, 3.8) is 0 Å². The average molecular weight is 426 g/mol. The zero-order chi connectivity index (χ0) is 21.9. The van der Waals surface area contributed by atoms with Crippen LogP contribution in [0.4, 0.5) is 10.5 Å². The van der Waals surface area contributed by atoms with E-state index in [1.165, 1.54) is 4.90 Å². The molecule has 7 nitrogen and oxygen atoms in total. The summed E-state index contributed by atoms with van der Waals surface area (Å²) in [6.45, 7) is 1.97. The molecule has 1 aliphatic rings. The Kier molecular flexibility index (Phi) is 5.29. The Morgan fingerprint density at radius 3 is 2.72 bits per heavy atom. The highest BCUT2D eigenvalue weighted by Crippen LogP contribution is 2.20. The van der Waals surface area contributed by atoms with Gasteiger partial charge in [0, 0.05) is 24.3 Å². The van der Waals surface area contributed by atoms with E-state index in [1.54, 1.807) is 24.3 Å². The van der Waals surface area contributed by atoms with Gasteiger partial charge in [0.25, 0.3) is 5.91 Å². The Morgan fingerprint density at radius 2 is 1.84 bits per heavy atom. The molecule has 2 heterocycles. The molecule has 0 spiro atoms. The number of hydrogen-bond donors (Lipinski definition) is 1. The van der Waals surface area contributed by atoms with Crippen LogP contribution in [0.2, 0.25) is 0 Å². The summed E-state index contributed by atoms with van der Waals surface area (Å²) in [5.74, 6) is -0.189. The summed E-state index contributed by atoms with van der Waals surface area (Å²) < 4.78 is 7.09. The number of aromatic nitrogens is 2. The maximum absolute atomic E-state index is 12.7. The fourth-order valence-corrected chi connectivity index (χ4v) is 3.90. The van der Waals surface area contributed by atoms with Gasteiger partial charge in [0.1, 0.15) is 6.61 Å². The van der Waals surface area contributed by atoms with E-state index in [4.69, 9.17) is 4.74 Å². The molecule has 0 unspecified atom stereocenters. The van der Waals surface area contributed by atoms with Crippen molar-refractivity contribution in [1.82, 2.24) is 14.9 Å². The molecule has 2 amide bonds. The second-order valence-electron chi connectivity index (χ2n) is 7.68. The molecular weight excluding hydrogens is 404 g/mol. The summed E-state index contributed by atoms with van der Waals surface area (Å²) in [5, 5.41) is 2.97. The third-order valence-electron chi connectivity index (χ3n) is 5.51. The van der Waals surface area contributed by atoms with E-state index in [0.717, 1.165) is 22.2 Å². The summed E-state index contributed by atoms with van der Waals surface area (Å²) in [7, 11) is 0. The maximum Gasteiger partial charge on any atom is 0.414 e. The molecule has 0 aliphatic carbocycles. The average Bonchev–Trinajstić information content (AvgIpc) is 3.44. The van der Waals surface area contributed by atoms with Crippen molar-refractivity contribution in [2.24, 2.45) is 0 Å². The predicted molar refractivity (Wildman–Crippen MR) is 122 cm³/mol. The minimum absolute atomic E-state index is 0.189. The molecule has 4 aromatic rings. The summed E-state index contributed by atoms with van der Waals surface area (Å²) in [5.41, 5.74) is 5.38. The van der Waals surface area contributed by atoms with E-state index in [0.29, 0.717) is 37.5 Å². The number of ether oxygens (including phenoxy) is 1. The Balaban J connectivity index is 1.25. The van der Waals surface area contributed by atoms with E-state index >= 15 is 0 Å². The van der Waals surface area contributed by atoms with E-state index in [-0.39, 0.29) is 12.0 Å². The van der Waals surface area contributed by atoms with Crippen molar-refractivity contribution in [3.8, 4) is 0 Å². The van der Waals surface area contributed by atoms with Crippen molar-refractivity contribution in [1.29, 1.82) is 0 Å². The fourth-order valence-electron chi connectivity index (χ4n) is 3.90. The number of rotatable bonds is 6. The highest BCUT2D eigenvalue weighted by molar-refractivity contribution is 5.97. The molecule has 3 aromatic carbocycles. The first kappa shape index (κ1) is 19.8. The lowest BCUT2D eigenvalue weighted by atomic mass is 10.1. The van der Waals surface area contributed by atoms with Crippen molar-refractivity contribution in [2.75, 3.05) is 18.1 Å². The molecule has 0 radical (unpaired) electrons. The van der Waals surface area contributed by atoms with Gasteiger partial charge in [-0.1, -0.05) is 42.5 Å². The highest BCUT2D eigenvalue weighted by Gasteiger charge is 2.24. The van der Waals surface area contributed by atoms with Gasteiger partial charge in [0.05, 0.1) is 23.9 Å². The highest BCUT2D eigenvalue weighted by atomic mass is 16.6. The van der Waals surface area contributed by atoms with Crippen LogP contribution in [0.1, 0.15) is 21.5 Å². The van der Waals surface area contributed by atoms with E-state index < -0.39 is 0 Å². The summed E-state index contributed by atoms with van der Waals surface area (Å²) >= 11 is 0. The summed E-state index contributed by atoms with van der Waals surface area (Å²) in [4.78, 5) is 30.5. The standard InChI is InChI=1S/C25H22N4O3/c30-24(20-7-4-8-21(14-20)29-11-12-32-25(29)31)26-15-18-5-3-6-19(13-18)16-28-17-27-22-9-1-2-10-23(22)28/h1-10,13-14,17H,11-12,15-16H2,(H,26,30). The number of benzene rings is 3. The normalized spacial score (nSPS) is 13.4. The summed E-state index contributed by atoms with van der Waals surface area (Å²) in [6.07, 6.45) is 1.47. The van der Waals surface area contributed by atoms with Gasteiger partial charge in [-0.3, -0.25) is 9.69 Å². The van der Waals surface area contributed by atoms with Gasteiger partial charge in [-0.15, -0.1) is 0 Å². The number of hydrogen-bond acceptors (Lipinski definition) is 4. The number of para-hydroxylation sites is 2. The van der Waals surface area contributed by atoms with Crippen LogP contribution < -0.4 is 10.2 Å². The number of anilines is 1. The quantitative estimate of drug-likeness (QED) is 0.506. The molecule has 160 valence electrons. The molecule has 1 N–H and O–H groups in total. The number of nitrogens with zero attached hydrogens (tertiary/aromatic N) is 3. The number of imidazole rings is 1. The molecule has 1 aromatic heterocycles. The van der Waals surface area contributed by atoms with Gasteiger partial charge >= 0.3 is 6.09 Å². The third kappa shape index (κ3) is 4.05. The smallest absolute Gasteiger partial charge is 0.414 e. The molecule has 32 heavy (non-hydrogen) atoms. The first-order chi connectivity index (χ1) is 15.7. The van der Waals surface area contributed by atoms with Crippen LogP contribution in [0.15, 0.2) is 79.1 Å². The van der Waals surface area contributed by atoms with Gasteiger partial charge in [-0.05, 0) is 41.5 Å². The Labute approximate surface area is 185 Å². The summed E-state index contributed by atoms with van der Waals surface area (Å²) in [6, 6.07) is 23.2. The zero-order valence-electron chi connectivity index (χ0n) is 17.4. The molecule has 5 rings (SSSR count). The van der Waals surface area contributed by atoms with Gasteiger partial charge in [-0.25, -0.2) is 9.78 Å². The topological polar surface area (TPSA) is 76.5 Å². The van der Waals surface area contributed by atoms with Gasteiger partial charge in [0.15, 0.2) is 0 Å². The van der Waals surface area contributed by atoms with Crippen LogP contribution in [0, 0.1) is 0 Å². The van der Waals surface area contributed by atoms with E-state index in [2.05, 4.69) is 33.1 Å². The van der Waals surface area contributed by atoms with E-state index in [1.807, 2.05) is 36.7 Å². The fraction of sp³-hybridized carbons (Fsp3) is 0.160. The van der Waals surface area contributed by atoms with E-state index in [9.17, 15) is 9.59 Å². The molecule has 1 aliphatic heterocycles. The second kappa shape index (κ2) is 8.55. The van der Waals surface area contributed by atoms with Crippen LogP contribution in [0.3, 0.4) is 0 Å². The molecule has 1 fully saturated rings. The van der Waals surface area contributed by atoms with Crippen LogP contribution in [0.25, 0.3) is 11.0 Å². The second-order valence-corrected chi connectivity index (χ2v) is 7.68. The molecule has 7 heteroatoms. The first-order valence-corrected chi connectivity index (χ1v) is 10.5. The third-order valence-corrected chi connectivity index (χ3v) is 5.51. The largest absolute Gasteiger partial charge is 0.447 e. The lowest BCUT2D eigenvalue weighted by molar-refractivity contribution is 0.0951. The predicted octanol–water partition coefficient (Wildman–Crippen LogP) is 3.97.